The van der Waals surface area contributed by atoms with Crippen molar-refractivity contribution in [2.45, 2.75) is 24.7 Å². The molecule has 1 aromatic carbocycles. The Morgan fingerprint density at radius 2 is 1.92 bits per heavy atom. The molecule has 1 fully saturated rings. The fourth-order valence-corrected chi connectivity index (χ4v) is 4.38. The number of carbonyl (C=O) groups is 1. The van der Waals surface area contributed by atoms with Gasteiger partial charge in [-0.1, -0.05) is 6.07 Å². The maximum Gasteiger partial charge on any atom is 0.270 e. The summed E-state index contributed by atoms with van der Waals surface area (Å²) in [5.41, 5.74) is 5.58. The molecule has 1 amide bonds. The van der Waals surface area contributed by atoms with Crippen molar-refractivity contribution in [3.05, 3.63) is 33.9 Å². The molecule has 0 aromatic heterocycles. The Labute approximate surface area is 146 Å². The number of carbonyl (C=O) groups excluding carboxylic acids is 1. The number of piperazine rings is 1. The summed E-state index contributed by atoms with van der Waals surface area (Å²) >= 11 is 0. The topological polar surface area (TPSA) is 127 Å². The van der Waals surface area contributed by atoms with E-state index < -0.39 is 14.9 Å². The molecule has 1 aliphatic heterocycles. The number of hydrogen-bond donors (Lipinski definition) is 1. The van der Waals surface area contributed by atoms with Crippen molar-refractivity contribution < 1.29 is 18.1 Å². The van der Waals surface area contributed by atoms with Crippen LogP contribution in [0, 0.1) is 17.0 Å². The van der Waals surface area contributed by atoms with Crippen molar-refractivity contribution in [2.24, 2.45) is 5.73 Å². The molecule has 0 saturated carbocycles. The van der Waals surface area contributed by atoms with Crippen LogP contribution in [0.15, 0.2) is 23.1 Å². The molecule has 0 radical (unpaired) electrons. The van der Waals surface area contributed by atoms with Crippen LogP contribution in [-0.4, -0.2) is 61.2 Å². The Bertz CT molecular complexity index is 757. The highest BCUT2D eigenvalue weighted by Crippen LogP contribution is 2.25. The van der Waals surface area contributed by atoms with E-state index in [1.165, 1.54) is 16.4 Å². The van der Waals surface area contributed by atoms with E-state index in [2.05, 4.69) is 0 Å². The van der Waals surface area contributed by atoms with E-state index in [0.717, 1.165) is 6.07 Å². The minimum absolute atomic E-state index is 0.0333. The normalized spacial score (nSPS) is 16.0. The highest BCUT2D eigenvalue weighted by molar-refractivity contribution is 7.89. The Kier molecular flexibility index (Phi) is 6.09. The third kappa shape index (κ3) is 4.33. The van der Waals surface area contributed by atoms with Gasteiger partial charge in [-0.15, -0.1) is 0 Å². The highest BCUT2D eigenvalue weighted by Gasteiger charge is 2.31. The van der Waals surface area contributed by atoms with Gasteiger partial charge in [0.1, 0.15) is 0 Å². The first kappa shape index (κ1) is 19.3. The molecule has 1 heterocycles. The zero-order valence-electron chi connectivity index (χ0n) is 14.1. The number of nitro benzene ring substituents is 1. The van der Waals surface area contributed by atoms with Gasteiger partial charge in [-0.2, -0.15) is 4.31 Å². The van der Waals surface area contributed by atoms with Gasteiger partial charge in [-0.05, 0) is 25.5 Å². The molecule has 0 bridgehead atoms. The third-order valence-corrected chi connectivity index (χ3v) is 6.23. The monoisotopic (exact) mass is 370 g/mol. The van der Waals surface area contributed by atoms with Gasteiger partial charge in [0.05, 0.1) is 9.82 Å². The van der Waals surface area contributed by atoms with E-state index in [-0.39, 0.29) is 29.6 Å². The molecule has 2 rings (SSSR count). The Morgan fingerprint density at radius 3 is 2.48 bits per heavy atom. The zero-order valence-corrected chi connectivity index (χ0v) is 14.9. The molecule has 0 unspecified atom stereocenters. The van der Waals surface area contributed by atoms with Gasteiger partial charge in [0.15, 0.2) is 0 Å². The van der Waals surface area contributed by atoms with Crippen LogP contribution in [-0.2, 0) is 14.8 Å². The van der Waals surface area contributed by atoms with Crippen LogP contribution in [0.4, 0.5) is 5.69 Å². The first-order valence-corrected chi connectivity index (χ1v) is 9.44. The molecule has 0 atom stereocenters. The van der Waals surface area contributed by atoms with Gasteiger partial charge in [0, 0.05) is 44.7 Å². The number of non-ortho nitro benzene ring substituents is 1. The van der Waals surface area contributed by atoms with Crippen LogP contribution >= 0.6 is 0 Å². The lowest BCUT2D eigenvalue weighted by atomic mass is 10.2. The predicted molar refractivity (Wildman–Crippen MR) is 91.5 cm³/mol. The second-order valence-electron chi connectivity index (χ2n) is 5.88. The Balaban J connectivity index is 2.13. The summed E-state index contributed by atoms with van der Waals surface area (Å²) in [6.07, 6.45) is 0.956. The second-order valence-corrected chi connectivity index (χ2v) is 7.79. The first-order chi connectivity index (χ1) is 11.8. The average Bonchev–Trinajstić information content (AvgIpc) is 2.59. The fraction of sp³-hybridized carbons (Fsp3) is 0.533. The van der Waals surface area contributed by atoms with Crippen LogP contribution in [0.25, 0.3) is 0 Å². The quantitative estimate of drug-likeness (QED) is 0.573. The van der Waals surface area contributed by atoms with Crippen molar-refractivity contribution in [3.63, 3.8) is 0 Å². The highest BCUT2D eigenvalue weighted by atomic mass is 32.2. The number of nitrogens with two attached hydrogens (primary N) is 1. The molecule has 1 saturated heterocycles. The largest absolute Gasteiger partial charge is 0.340 e. The summed E-state index contributed by atoms with van der Waals surface area (Å²) in [6, 6.07) is 3.80. The van der Waals surface area contributed by atoms with Gasteiger partial charge in [0.25, 0.3) is 5.69 Å². The molecule has 1 aromatic rings. The minimum Gasteiger partial charge on any atom is -0.340 e. The van der Waals surface area contributed by atoms with E-state index in [0.29, 0.717) is 38.0 Å². The maximum atomic E-state index is 12.8. The molecule has 2 N–H and O–H groups in total. The van der Waals surface area contributed by atoms with Crippen LogP contribution < -0.4 is 5.73 Å². The second kappa shape index (κ2) is 7.89. The van der Waals surface area contributed by atoms with Crippen LogP contribution in [0.5, 0.6) is 0 Å². The molecular formula is C15H22N4O5S. The van der Waals surface area contributed by atoms with E-state index in [1.807, 2.05) is 0 Å². The summed E-state index contributed by atoms with van der Waals surface area (Å²) in [5.74, 6) is -0.0333. The van der Waals surface area contributed by atoms with Crippen LogP contribution in [0.3, 0.4) is 0 Å². The molecule has 25 heavy (non-hydrogen) atoms. The average molecular weight is 370 g/mol. The molecule has 138 valence electrons. The van der Waals surface area contributed by atoms with Gasteiger partial charge in [-0.25, -0.2) is 8.42 Å². The van der Waals surface area contributed by atoms with Gasteiger partial charge < -0.3 is 10.6 Å². The zero-order chi connectivity index (χ0) is 18.6. The van der Waals surface area contributed by atoms with Crippen LogP contribution in [0.2, 0.25) is 0 Å². The van der Waals surface area contributed by atoms with Gasteiger partial charge >= 0.3 is 0 Å². The molecular weight excluding hydrogens is 348 g/mol. The summed E-state index contributed by atoms with van der Waals surface area (Å²) < 4.78 is 26.9. The fourth-order valence-electron chi connectivity index (χ4n) is 2.71. The Hall–Kier alpha value is -2.04. The number of aryl methyl sites for hydroxylation is 1. The van der Waals surface area contributed by atoms with E-state index in [1.54, 1.807) is 11.8 Å². The molecule has 0 spiro atoms. The molecule has 9 nitrogen and oxygen atoms in total. The summed E-state index contributed by atoms with van der Waals surface area (Å²) in [7, 11) is -3.84. The van der Waals surface area contributed by atoms with E-state index in [4.69, 9.17) is 5.73 Å². The number of rotatable bonds is 6. The number of benzene rings is 1. The SMILES string of the molecule is Cc1ccc([N+](=O)[O-])cc1S(=O)(=O)N1CCN(C(=O)CCCN)CC1. The smallest absolute Gasteiger partial charge is 0.270 e. The van der Waals surface area contributed by atoms with E-state index in [9.17, 15) is 23.3 Å². The van der Waals surface area contributed by atoms with Crippen LogP contribution in [0.1, 0.15) is 18.4 Å². The molecule has 10 heteroatoms. The van der Waals surface area contributed by atoms with Gasteiger partial charge in [-0.3, -0.25) is 14.9 Å². The number of hydrogen-bond acceptors (Lipinski definition) is 6. The predicted octanol–water partition coefficient (Wildman–Crippen LogP) is 0.475. The molecule has 1 aliphatic rings. The minimum atomic E-state index is -3.84. The third-order valence-electron chi connectivity index (χ3n) is 4.19. The van der Waals surface area contributed by atoms with Gasteiger partial charge in [0.2, 0.25) is 15.9 Å². The number of nitro groups is 1. The summed E-state index contributed by atoms with van der Waals surface area (Å²) in [5, 5.41) is 10.9. The number of sulfonamides is 1. The number of nitrogens with zero attached hydrogens (tertiary/aromatic N) is 3. The summed E-state index contributed by atoms with van der Waals surface area (Å²) in [6.45, 7) is 2.97. The van der Waals surface area contributed by atoms with Crippen molar-refractivity contribution in [2.75, 3.05) is 32.7 Å². The lowest BCUT2D eigenvalue weighted by Crippen LogP contribution is -2.50. The van der Waals surface area contributed by atoms with Crippen molar-refractivity contribution in [1.29, 1.82) is 0 Å². The maximum absolute atomic E-state index is 12.8. The van der Waals surface area contributed by atoms with Crippen molar-refractivity contribution in [3.8, 4) is 0 Å². The number of amides is 1. The summed E-state index contributed by atoms with van der Waals surface area (Å²) in [4.78, 5) is 23.8. The molecule has 0 aliphatic carbocycles. The lowest BCUT2D eigenvalue weighted by molar-refractivity contribution is -0.385. The lowest BCUT2D eigenvalue weighted by Gasteiger charge is -2.34. The van der Waals surface area contributed by atoms with E-state index >= 15 is 0 Å². The standard InChI is InChI=1S/C15H22N4O5S/c1-12-4-5-13(19(21)22)11-14(12)25(23,24)18-9-7-17(8-10-18)15(20)3-2-6-16/h4-5,11H,2-3,6-10,16H2,1H3. The Morgan fingerprint density at radius 1 is 1.28 bits per heavy atom. The first-order valence-electron chi connectivity index (χ1n) is 8.00. The van der Waals surface area contributed by atoms with Crippen molar-refractivity contribution in [1.82, 2.24) is 9.21 Å². The van der Waals surface area contributed by atoms with Crippen molar-refractivity contribution >= 4 is 21.6 Å².